The van der Waals surface area contributed by atoms with E-state index < -0.39 is 0 Å². The lowest BCUT2D eigenvalue weighted by Crippen LogP contribution is -1.91. The van der Waals surface area contributed by atoms with E-state index in [2.05, 4.69) is 94.4 Å². The summed E-state index contributed by atoms with van der Waals surface area (Å²) in [7, 11) is 0. The van der Waals surface area contributed by atoms with E-state index in [-0.39, 0.29) is 0 Å². The normalized spacial score (nSPS) is 11.8. The fraction of sp³-hybridized carbons (Fsp3) is 0.179. The minimum Gasteiger partial charge on any atom is -0.256 e. The number of aryl methyl sites for hydroxylation is 2. The number of aromatic nitrogens is 1. The molecule has 1 heterocycles. The smallest absolute Gasteiger partial charge is 0.0786 e. The molecular formula is C28H25N. The van der Waals surface area contributed by atoms with E-state index in [0.29, 0.717) is 5.92 Å². The summed E-state index contributed by atoms with van der Waals surface area (Å²) in [6.07, 6.45) is 1.93. The molecule has 0 aliphatic rings. The molecule has 1 aromatic heterocycles. The summed E-state index contributed by atoms with van der Waals surface area (Å²) in [6.45, 7) is 8.81. The van der Waals surface area contributed by atoms with E-state index in [1.54, 1.807) is 0 Å². The van der Waals surface area contributed by atoms with Gasteiger partial charge in [-0.1, -0.05) is 73.5 Å². The van der Waals surface area contributed by atoms with Gasteiger partial charge in [0.05, 0.1) is 5.69 Å². The third-order valence-electron chi connectivity index (χ3n) is 5.93. The molecule has 1 nitrogen and oxygen atoms in total. The number of hydrogen-bond donors (Lipinski definition) is 0. The van der Waals surface area contributed by atoms with Gasteiger partial charge in [-0.15, -0.1) is 0 Å². The van der Waals surface area contributed by atoms with Crippen LogP contribution in [0.1, 0.15) is 36.5 Å². The zero-order chi connectivity index (χ0) is 20.1. The molecule has 0 radical (unpaired) electrons. The second kappa shape index (κ2) is 6.70. The Labute approximate surface area is 172 Å². The van der Waals surface area contributed by atoms with E-state index in [4.69, 9.17) is 4.98 Å². The molecule has 0 fully saturated rings. The van der Waals surface area contributed by atoms with Crippen molar-refractivity contribution in [2.75, 3.05) is 0 Å². The van der Waals surface area contributed by atoms with Crippen molar-refractivity contribution >= 4 is 32.3 Å². The van der Waals surface area contributed by atoms with Crippen molar-refractivity contribution in [3.63, 3.8) is 0 Å². The number of fused-ring (bicyclic) bond motifs is 5. The summed E-state index contributed by atoms with van der Waals surface area (Å²) in [6, 6.07) is 24.7. The quantitative estimate of drug-likeness (QED) is 0.285. The van der Waals surface area contributed by atoms with Crippen molar-refractivity contribution in [3.8, 4) is 11.3 Å². The maximum Gasteiger partial charge on any atom is 0.0786 e. The van der Waals surface area contributed by atoms with Gasteiger partial charge >= 0.3 is 0 Å². The van der Waals surface area contributed by atoms with Crippen LogP contribution in [0.2, 0.25) is 0 Å². The summed E-state index contributed by atoms with van der Waals surface area (Å²) in [5, 5.41) is 7.67. The highest BCUT2D eigenvalue weighted by Gasteiger charge is 2.12. The van der Waals surface area contributed by atoms with Crippen LogP contribution in [-0.4, -0.2) is 4.98 Å². The Bertz CT molecular complexity index is 1370. The molecule has 0 N–H and O–H groups in total. The largest absolute Gasteiger partial charge is 0.256 e. The third kappa shape index (κ3) is 2.98. The molecule has 0 bridgehead atoms. The van der Waals surface area contributed by atoms with Crippen LogP contribution in [0.5, 0.6) is 0 Å². The highest BCUT2D eigenvalue weighted by Crippen LogP contribution is 2.37. The topological polar surface area (TPSA) is 12.9 Å². The summed E-state index contributed by atoms with van der Waals surface area (Å²) in [5.74, 6) is 0.516. The second-order valence-corrected chi connectivity index (χ2v) is 8.50. The highest BCUT2D eigenvalue weighted by molar-refractivity contribution is 6.20. The fourth-order valence-corrected chi connectivity index (χ4v) is 4.52. The number of benzene rings is 4. The monoisotopic (exact) mass is 375 g/mol. The van der Waals surface area contributed by atoms with Crippen LogP contribution < -0.4 is 0 Å². The molecule has 4 aromatic carbocycles. The Balaban J connectivity index is 1.91. The van der Waals surface area contributed by atoms with E-state index in [9.17, 15) is 0 Å². The predicted molar refractivity (Wildman–Crippen MR) is 126 cm³/mol. The maximum absolute atomic E-state index is 4.84. The first-order chi connectivity index (χ1) is 14.0. The fourth-order valence-electron chi connectivity index (χ4n) is 4.52. The number of nitrogens with zero attached hydrogens (tertiary/aromatic N) is 1. The number of rotatable bonds is 2. The van der Waals surface area contributed by atoms with Crippen molar-refractivity contribution < 1.29 is 0 Å². The molecule has 0 unspecified atom stereocenters. The van der Waals surface area contributed by atoms with Gasteiger partial charge in [0.25, 0.3) is 0 Å². The zero-order valence-electron chi connectivity index (χ0n) is 17.5. The van der Waals surface area contributed by atoms with Crippen LogP contribution in [0.4, 0.5) is 0 Å². The van der Waals surface area contributed by atoms with Gasteiger partial charge in [-0.2, -0.15) is 0 Å². The van der Waals surface area contributed by atoms with Gasteiger partial charge in [0.1, 0.15) is 0 Å². The van der Waals surface area contributed by atoms with Crippen LogP contribution in [0.3, 0.4) is 0 Å². The lowest BCUT2D eigenvalue weighted by Gasteiger charge is -2.13. The van der Waals surface area contributed by atoms with Crippen LogP contribution in [0, 0.1) is 13.8 Å². The Morgan fingerprint density at radius 1 is 0.655 bits per heavy atom. The van der Waals surface area contributed by atoms with Crippen LogP contribution in [0.25, 0.3) is 43.6 Å². The molecule has 0 atom stereocenters. The van der Waals surface area contributed by atoms with Gasteiger partial charge < -0.3 is 0 Å². The van der Waals surface area contributed by atoms with Gasteiger partial charge in [-0.05, 0) is 70.5 Å². The molecule has 1 heteroatoms. The summed E-state index contributed by atoms with van der Waals surface area (Å²) in [5.41, 5.74) is 6.18. The molecule has 0 aliphatic carbocycles. The highest BCUT2D eigenvalue weighted by atomic mass is 14.7. The first-order valence-electron chi connectivity index (χ1n) is 10.3. The summed E-state index contributed by atoms with van der Waals surface area (Å²) in [4.78, 5) is 4.84. The van der Waals surface area contributed by atoms with Gasteiger partial charge in [0.15, 0.2) is 0 Å². The molecule has 0 aliphatic heterocycles. The average Bonchev–Trinajstić information content (AvgIpc) is 2.71. The molecule has 29 heavy (non-hydrogen) atoms. The molecule has 142 valence electrons. The third-order valence-corrected chi connectivity index (χ3v) is 5.93. The number of hydrogen-bond acceptors (Lipinski definition) is 1. The second-order valence-electron chi connectivity index (χ2n) is 8.50. The summed E-state index contributed by atoms with van der Waals surface area (Å²) < 4.78 is 0. The first-order valence-corrected chi connectivity index (χ1v) is 10.3. The predicted octanol–water partition coefficient (Wildman–Crippen LogP) is 7.95. The van der Waals surface area contributed by atoms with E-state index in [1.807, 2.05) is 6.20 Å². The van der Waals surface area contributed by atoms with Gasteiger partial charge in [0.2, 0.25) is 0 Å². The Morgan fingerprint density at radius 2 is 1.34 bits per heavy atom. The van der Waals surface area contributed by atoms with E-state index >= 15 is 0 Å². The Kier molecular flexibility index (Phi) is 4.13. The lowest BCUT2D eigenvalue weighted by atomic mass is 9.92. The average molecular weight is 376 g/mol. The van der Waals surface area contributed by atoms with E-state index in [0.717, 1.165) is 5.69 Å². The first kappa shape index (κ1) is 17.9. The van der Waals surface area contributed by atoms with Crippen molar-refractivity contribution in [1.82, 2.24) is 4.98 Å². The van der Waals surface area contributed by atoms with Crippen LogP contribution in [0.15, 0.2) is 72.9 Å². The minimum atomic E-state index is 0.516. The molecular weight excluding hydrogens is 350 g/mol. The van der Waals surface area contributed by atoms with Gasteiger partial charge in [-0.25, -0.2) is 0 Å². The molecule has 0 saturated carbocycles. The standard InChI is InChI=1S/C28H25N/c1-17(2)22-6-5-20-7-10-25-24(26(20)16-22)9-8-21-11-12-29-28(27(21)25)23-14-18(3)13-19(4)15-23/h5-17H,1-4H3. The molecule has 0 spiro atoms. The Hall–Kier alpha value is -3.19. The lowest BCUT2D eigenvalue weighted by molar-refractivity contribution is 0.869. The Morgan fingerprint density at radius 3 is 2.10 bits per heavy atom. The number of pyridine rings is 1. The van der Waals surface area contributed by atoms with Crippen LogP contribution in [-0.2, 0) is 0 Å². The van der Waals surface area contributed by atoms with Crippen LogP contribution >= 0.6 is 0 Å². The van der Waals surface area contributed by atoms with Gasteiger partial charge in [-0.3, -0.25) is 4.98 Å². The molecule has 0 amide bonds. The van der Waals surface area contributed by atoms with Crippen molar-refractivity contribution in [1.29, 1.82) is 0 Å². The zero-order valence-corrected chi connectivity index (χ0v) is 17.5. The van der Waals surface area contributed by atoms with Gasteiger partial charge in [0, 0.05) is 17.1 Å². The van der Waals surface area contributed by atoms with E-state index in [1.165, 1.54) is 54.6 Å². The molecule has 5 aromatic rings. The molecule has 0 saturated heterocycles. The SMILES string of the molecule is Cc1cc(C)cc(-c2nccc3ccc4c5cc(C(C)C)ccc5ccc4c23)c1. The van der Waals surface area contributed by atoms with Crippen molar-refractivity contribution in [3.05, 3.63) is 89.6 Å². The van der Waals surface area contributed by atoms with Crippen molar-refractivity contribution in [2.24, 2.45) is 0 Å². The minimum absolute atomic E-state index is 0.516. The maximum atomic E-state index is 4.84. The van der Waals surface area contributed by atoms with Crippen molar-refractivity contribution in [2.45, 2.75) is 33.6 Å². The molecule has 5 rings (SSSR count). The summed E-state index contributed by atoms with van der Waals surface area (Å²) >= 11 is 0.